The Hall–Kier alpha value is -3.45. The van der Waals surface area contributed by atoms with E-state index in [0.717, 1.165) is 27.0 Å². The normalized spacial score (nSPS) is 15.1. The third-order valence-electron chi connectivity index (χ3n) is 5.14. The summed E-state index contributed by atoms with van der Waals surface area (Å²) in [5.74, 6) is 1.02. The molecular formula is C24H21N3O3S. The van der Waals surface area contributed by atoms with Gasteiger partial charge in [-0.1, -0.05) is 35.6 Å². The number of carbonyl (C=O) groups excluding carboxylic acids is 1. The number of aromatic nitrogens is 2. The Kier molecular flexibility index (Phi) is 5.03. The van der Waals surface area contributed by atoms with Crippen LogP contribution in [0.4, 0.5) is 5.13 Å². The third-order valence-corrected chi connectivity index (χ3v) is 6.37. The van der Waals surface area contributed by atoms with E-state index in [0.29, 0.717) is 23.2 Å². The standard InChI is InChI=1S/C24H21N3O3S/c1-15-11-16(2)22-18(12-15)26-24(31-22)27(13-17-7-5-6-10-25-17)23(28)21-14-29-19-8-3-4-9-20(19)30-21/h3-12,21H,13-14H2,1-2H3. The minimum Gasteiger partial charge on any atom is -0.485 e. The molecule has 0 fully saturated rings. The van der Waals surface area contributed by atoms with Gasteiger partial charge in [0.05, 0.1) is 22.5 Å². The van der Waals surface area contributed by atoms with Gasteiger partial charge in [-0.05, 0) is 55.3 Å². The van der Waals surface area contributed by atoms with Gasteiger partial charge in [0, 0.05) is 6.20 Å². The predicted molar refractivity (Wildman–Crippen MR) is 121 cm³/mol. The van der Waals surface area contributed by atoms with Crippen LogP contribution < -0.4 is 14.4 Å². The number of rotatable bonds is 4. The van der Waals surface area contributed by atoms with Crippen LogP contribution in [0.25, 0.3) is 10.2 Å². The van der Waals surface area contributed by atoms with E-state index in [9.17, 15) is 4.79 Å². The molecule has 2 aromatic heterocycles. The van der Waals surface area contributed by atoms with Gasteiger partial charge in [0.15, 0.2) is 16.6 Å². The van der Waals surface area contributed by atoms with E-state index >= 15 is 0 Å². The molecule has 0 spiro atoms. The van der Waals surface area contributed by atoms with E-state index < -0.39 is 6.10 Å². The number of pyridine rings is 1. The lowest BCUT2D eigenvalue weighted by molar-refractivity contribution is -0.127. The molecule has 0 saturated carbocycles. The number of carbonyl (C=O) groups is 1. The molecule has 156 valence electrons. The Balaban J connectivity index is 1.52. The molecule has 0 N–H and O–H groups in total. The summed E-state index contributed by atoms with van der Waals surface area (Å²) in [7, 11) is 0. The van der Waals surface area contributed by atoms with Gasteiger partial charge >= 0.3 is 0 Å². The van der Waals surface area contributed by atoms with Gasteiger partial charge in [-0.25, -0.2) is 4.98 Å². The van der Waals surface area contributed by atoms with Crippen LogP contribution in [0.5, 0.6) is 11.5 Å². The monoisotopic (exact) mass is 431 g/mol. The summed E-state index contributed by atoms with van der Waals surface area (Å²) in [6, 6.07) is 17.2. The topological polar surface area (TPSA) is 64.6 Å². The molecule has 0 bridgehead atoms. The summed E-state index contributed by atoms with van der Waals surface area (Å²) in [5, 5.41) is 0.627. The molecule has 3 heterocycles. The lowest BCUT2D eigenvalue weighted by atomic mass is 10.1. The predicted octanol–water partition coefficient (Wildman–Crippen LogP) is 4.68. The number of anilines is 1. The van der Waals surface area contributed by atoms with Crippen LogP contribution in [0.15, 0.2) is 60.8 Å². The molecule has 1 amide bonds. The maximum absolute atomic E-state index is 13.6. The Bertz CT molecular complexity index is 1260. The molecule has 1 aliphatic heterocycles. The molecular weight excluding hydrogens is 410 g/mol. The first-order valence-corrected chi connectivity index (χ1v) is 10.9. The zero-order valence-corrected chi connectivity index (χ0v) is 18.1. The van der Waals surface area contributed by atoms with Gasteiger partial charge in [0.2, 0.25) is 6.10 Å². The SMILES string of the molecule is Cc1cc(C)c2sc(N(Cc3ccccn3)C(=O)C3COc4ccccc4O3)nc2c1. The first kappa shape index (κ1) is 19.5. The third kappa shape index (κ3) is 3.84. The number of aryl methyl sites for hydroxylation is 2. The fourth-order valence-electron chi connectivity index (χ4n) is 3.69. The highest BCUT2D eigenvalue weighted by molar-refractivity contribution is 7.22. The van der Waals surface area contributed by atoms with Gasteiger partial charge in [0.25, 0.3) is 5.91 Å². The molecule has 7 heteroatoms. The van der Waals surface area contributed by atoms with Crippen molar-refractivity contribution in [3.05, 3.63) is 77.6 Å². The number of hydrogen-bond donors (Lipinski definition) is 0. The van der Waals surface area contributed by atoms with Gasteiger partial charge in [-0.15, -0.1) is 0 Å². The maximum Gasteiger partial charge on any atom is 0.273 e. The number of ether oxygens (including phenoxy) is 2. The molecule has 5 rings (SSSR count). The Morgan fingerprint density at radius 2 is 1.94 bits per heavy atom. The summed E-state index contributed by atoms with van der Waals surface area (Å²) in [4.78, 5) is 24.5. The molecule has 31 heavy (non-hydrogen) atoms. The minimum atomic E-state index is -0.756. The Morgan fingerprint density at radius 3 is 2.74 bits per heavy atom. The number of para-hydroxylation sites is 2. The zero-order chi connectivity index (χ0) is 21.4. The summed E-state index contributed by atoms with van der Waals surface area (Å²) in [5.41, 5.74) is 3.96. The molecule has 0 aliphatic carbocycles. The van der Waals surface area contributed by atoms with Crippen LogP contribution in [0.1, 0.15) is 16.8 Å². The van der Waals surface area contributed by atoms with E-state index in [1.165, 1.54) is 11.3 Å². The van der Waals surface area contributed by atoms with Gasteiger partial charge in [0.1, 0.15) is 6.61 Å². The largest absolute Gasteiger partial charge is 0.485 e. The van der Waals surface area contributed by atoms with Crippen molar-refractivity contribution >= 4 is 32.6 Å². The molecule has 4 aromatic rings. The Morgan fingerprint density at radius 1 is 1.13 bits per heavy atom. The summed E-state index contributed by atoms with van der Waals surface area (Å²) in [6.07, 6.45) is 0.966. The zero-order valence-electron chi connectivity index (χ0n) is 17.2. The van der Waals surface area contributed by atoms with Gasteiger partial charge in [-0.2, -0.15) is 0 Å². The highest BCUT2D eigenvalue weighted by Crippen LogP contribution is 2.35. The van der Waals surface area contributed by atoms with Crippen molar-refractivity contribution in [1.29, 1.82) is 0 Å². The fourth-order valence-corrected chi connectivity index (χ4v) is 4.71. The summed E-state index contributed by atoms with van der Waals surface area (Å²) >= 11 is 1.51. The van der Waals surface area contributed by atoms with E-state index in [2.05, 4.69) is 18.0 Å². The van der Waals surface area contributed by atoms with E-state index in [1.54, 1.807) is 11.1 Å². The molecule has 1 aliphatic rings. The van der Waals surface area contributed by atoms with Crippen molar-refractivity contribution in [1.82, 2.24) is 9.97 Å². The van der Waals surface area contributed by atoms with Crippen molar-refractivity contribution in [3.8, 4) is 11.5 Å². The van der Waals surface area contributed by atoms with E-state index in [4.69, 9.17) is 14.5 Å². The van der Waals surface area contributed by atoms with Gasteiger partial charge in [-0.3, -0.25) is 14.7 Å². The molecule has 0 saturated heterocycles. The average Bonchev–Trinajstić information content (AvgIpc) is 3.21. The number of hydrogen-bond acceptors (Lipinski definition) is 6. The minimum absolute atomic E-state index is 0.150. The second kappa shape index (κ2) is 8.00. The molecule has 2 aromatic carbocycles. The number of nitrogens with zero attached hydrogens (tertiary/aromatic N) is 3. The highest BCUT2D eigenvalue weighted by Gasteiger charge is 2.33. The van der Waals surface area contributed by atoms with Crippen molar-refractivity contribution in [3.63, 3.8) is 0 Å². The summed E-state index contributed by atoms with van der Waals surface area (Å²) in [6.45, 7) is 4.57. The van der Waals surface area contributed by atoms with Crippen molar-refractivity contribution in [2.45, 2.75) is 26.5 Å². The first-order chi connectivity index (χ1) is 15.1. The number of fused-ring (bicyclic) bond motifs is 2. The van der Waals surface area contributed by atoms with E-state index in [-0.39, 0.29) is 12.5 Å². The molecule has 6 nitrogen and oxygen atoms in total. The molecule has 1 atom stereocenters. The maximum atomic E-state index is 13.6. The lowest BCUT2D eigenvalue weighted by Crippen LogP contribution is -2.46. The number of benzene rings is 2. The number of thiazole rings is 1. The quantitative estimate of drug-likeness (QED) is 0.469. The number of amides is 1. The van der Waals surface area contributed by atoms with Crippen LogP contribution in [-0.2, 0) is 11.3 Å². The molecule has 0 radical (unpaired) electrons. The second-order valence-corrected chi connectivity index (χ2v) is 8.51. The first-order valence-electron chi connectivity index (χ1n) is 10.1. The molecule has 1 unspecified atom stereocenters. The van der Waals surface area contributed by atoms with Crippen molar-refractivity contribution in [2.75, 3.05) is 11.5 Å². The van der Waals surface area contributed by atoms with Crippen molar-refractivity contribution in [2.24, 2.45) is 0 Å². The Labute approximate surface area is 184 Å². The van der Waals surface area contributed by atoms with Crippen LogP contribution in [0, 0.1) is 13.8 Å². The van der Waals surface area contributed by atoms with Crippen molar-refractivity contribution < 1.29 is 14.3 Å². The average molecular weight is 432 g/mol. The van der Waals surface area contributed by atoms with Gasteiger partial charge < -0.3 is 9.47 Å². The van der Waals surface area contributed by atoms with E-state index in [1.807, 2.05) is 55.5 Å². The summed E-state index contributed by atoms with van der Waals surface area (Å²) < 4.78 is 12.8. The smallest absolute Gasteiger partial charge is 0.273 e. The van der Waals surface area contributed by atoms with Crippen LogP contribution in [0.3, 0.4) is 0 Å². The highest BCUT2D eigenvalue weighted by atomic mass is 32.1. The van der Waals surface area contributed by atoms with Crippen LogP contribution >= 0.6 is 11.3 Å². The lowest BCUT2D eigenvalue weighted by Gasteiger charge is -2.29. The van der Waals surface area contributed by atoms with Crippen LogP contribution in [-0.4, -0.2) is 28.6 Å². The van der Waals surface area contributed by atoms with Crippen LogP contribution in [0.2, 0.25) is 0 Å². The second-order valence-electron chi connectivity index (χ2n) is 7.54. The fraction of sp³-hybridized carbons (Fsp3) is 0.208.